The Morgan fingerprint density at radius 2 is 2.38 bits per heavy atom. The Bertz CT molecular complexity index is 379. The first-order valence-corrected chi connectivity index (χ1v) is 6.55. The molecule has 1 heterocycles. The fourth-order valence-corrected chi connectivity index (χ4v) is 2.37. The van der Waals surface area contributed by atoms with Crippen LogP contribution in [0.2, 0.25) is 0 Å². The van der Waals surface area contributed by atoms with Crippen molar-refractivity contribution in [1.29, 1.82) is 0 Å². The van der Waals surface area contributed by atoms with E-state index in [4.69, 9.17) is 0 Å². The molecule has 0 aliphatic heterocycles. The van der Waals surface area contributed by atoms with E-state index in [0.717, 1.165) is 10.8 Å². The number of likely N-dealkylation sites (N-methyl/N-ethyl adjacent to an activating group) is 1. The highest BCUT2D eigenvalue weighted by atomic mass is 32.1. The number of carbonyl (C=O) groups excluding carboxylic acids is 1. The highest BCUT2D eigenvalue weighted by Gasteiger charge is 2.31. The number of hydrogen-bond donors (Lipinski definition) is 0. The lowest BCUT2D eigenvalue weighted by Crippen LogP contribution is -2.35. The van der Waals surface area contributed by atoms with Crippen molar-refractivity contribution in [1.82, 2.24) is 4.90 Å². The second kappa shape index (κ2) is 4.83. The average Bonchev–Trinajstić information content (AvgIpc) is 3.01. The summed E-state index contributed by atoms with van der Waals surface area (Å²) in [5.74, 6) is 0.830. The molecular weight excluding hydrogens is 218 g/mol. The third kappa shape index (κ3) is 2.73. The summed E-state index contributed by atoms with van der Waals surface area (Å²) in [5, 5.41) is 2.01. The first-order chi connectivity index (χ1) is 7.68. The standard InChI is InChI=1S/C13H17NOS/c1-10(11-5-6-11)14(2)13(15)8-7-12-4-3-9-16-12/h3-4,7-11H,5-6H2,1-2H3/b8-7+. The molecule has 1 aliphatic rings. The van der Waals surface area contributed by atoms with Crippen molar-refractivity contribution >= 4 is 23.3 Å². The van der Waals surface area contributed by atoms with Gasteiger partial charge in [-0.25, -0.2) is 0 Å². The Hall–Kier alpha value is -1.09. The highest BCUT2D eigenvalue weighted by Crippen LogP contribution is 2.34. The van der Waals surface area contributed by atoms with Crippen molar-refractivity contribution in [2.75, 3.05) is 7.05 Å². The molecule has 2 rings (SSSR count). The van der Waals surface area contributed by atoms with Crippen molar-refractivity contribution in [3.05, 3.63) is 28.5 Å². The van der Waals surface area contributed by atoms with E-state index < -0.39 is 0 Å². The van der Waals surface area contributed by atoms with Crippen LogP contribution >= 0.6 is 11.3 Å². The van der Waals surface area contributed by atoms with Gasteiger partial charge in [-0.15, -0.1) is 11.3 Å². The molecule has 1 fully saturated rings. The minimum absolute atomic E-state index is 0.104. The Morgan fingerprint density at radius 1 is 1.62 bits per heavy atom. The smallest absolute Gasteiger partial charge is 0.246 e. The molecule has 16 heavy (non-hydrogen) atoms. The van der Waals surface area contributed by atoms with Crippen molar-refractivity contribution in [2.45, 2.75) is 25.8 Å². The Balaban J connectivity index is 1.91. The minimum atomic E-state index is 0.104. The average molecular weight is 235 g/mol. The van der Waals surface area contributed by atoms with E-state index in [0.29, 0.717) is 6.04 Å². The second-order valence-corrected chi connectivity index (χ2v) is 5.36. The number of rotatable bonds is 4. The third-order valence-corrected chi connectivity index (χ3v) is 4.03. The number of carbonyl (C=O) groups is 1. The van der Waals surface area contributed by atoms with Crippen LogP contribution in [0.4, 0.5) is 0 Å². The monoisotopic (exact) mass is 235 g/mol. The lowest BCUT2D eigenvalue weighted by Gasteiger charge is -2.23. The van der Waals surface area contributed by atoms with Crippen LogP contribution in [0.3, 0.4) is 0 Å². The zero-order valence-corrected chi connectivity index (χ0v) is 10.5. The Labute approximate surface area is 101 Å². The highest BCUT2D eigenvalue weighted by molar-refractivity contribution is 7.10. The summed E-state index contributed by atoms with van der Waals surface area (Å²) in [6.45, 7) is 2.13. The van der Waals surface area contributed by atoms with E-state index >= 15 is 0 Å². The fraction of sp³-hybridized carbons (Fsp3) is 0.462. The van der Waals surface area contributed by atoms with Crippen molar-refractivity contribution < 1.29 is 4.79 Å². The molecule has 1 aliphatic carbocycles. The maximum Gasteiger partial charge on any atom is 0.246 e. The normalized spacial score (nSPS) is 17.6. The van der Waals surface area contributed by atoms with Crippen LogP contribution in [0.15, 0.2) is 23.6 Å². The molecule has 1 saturated carbocycles. The van der Waals surface area contributed by atoms with Gasteiger partial charge >= 0.3 is 0 Å². The van der Waals surface area contributed by atoms with E-state index in [2.05, 4.69) is 6.92 Å². The first-order valence-electron chi connectivity index (χ1n) is 5.67. The van der Waals surface area contributed by atoms with E-state index in [1.165, 1.54) is 12.8 Å². The Kier molecular flexibility index (Phi) is 3.44. The van der Waals surface area contributed by atoms with Gasteiger partial charge in [-0.2, -0.15) is 0 Å². The maximum atomic E-state index is 11.9. The summed E-state index contributed by atoms with van der Waals surface area (Å²) in [4.78, 5) is 14.8. The summed E-state index contributed by atoms with van der Waals surface area (Å²) in [6, 6.07) is 4.38. The first kappa shape index (κ1) is 11.4. The summed E-state index contributed by atoms with van der Waals surface area (Å²) < 4.78 is 0. The fourth-order valence-electron chi connectivity index (χ4n) is 1.75. The largest absolute Gasteiger partial charge is 0.339 e. The Morgan fingerprint density at radius 3 is 2.94 bits per heavy atom. The summed E-state index contributed by atoms with van der Waals surface area (Å²) in [7, 11) is 1.89. The van der Waals surface area contributed by atoms with Gasteiger partial charge in [-0.3, -0.25) is 4.79 Å². The van der Waals surface area contributed by atoms with Gasteiger partial charge in [0.05, 0.1) is 0 Å². The molecule has 1 unspecified atom stereocenters. The molecule has 1 amide bonds. The minimum Gasteiger partial charge on any atom is -0.339 e. The molecule has 0 N–H and O–H groups in total. The molecule has 0 bridgehead atoms. The predicted molar refractivity (Wildman–Crippen MR) is 68.3 cm³/mol. The molecular formula is C13H17NOS. The van der Waals surface area contributed by atoms with E-state index in [1.54, 1.807) is 17.4 Å². The van der Waals surface area contributed by atoms with E-state index in [1.807, 2.05) is 35.5 Å². The molecule has 2 nitrogen and oxygen atoms in total. The zero-order valence-electron chi connectivity index (χ0n) is 9.72. The number of thiophene rings is 1. The second-order valence-electron chi connectivity index (χ2n) is 4.38. The molecule has 0 spiro atoms. The van der Waals surface area contributed by atoms with Crippen molar-refractivity contribution in [3.63, 3.8) is 0 Å². The van der Waals surface area contributed by atoms with Crippen molar-refractivity contribution in [3.8, 4) is 0 Å². The number of amides is 1. The van der Waals surface area contributed by atoms with Gasteiger partial charge in [0.15, 0.2) is 0 Å². The topological polar surface area (TPSA) is 20.3 Å². The molecule has 86 valence electrons. The molecule has 1 aromatic rings. The van der Waals surface area contributed by atoms with E-state index in [-0.39, 0.29) is 5.91 Å². The number of nitrogens with zero attached hydrogens (tertiary/aromatic N) is 1. The third-order valence-electron chi connectivity index (χ3n) is 3.20. The van der Waals surface area contributed by atoms with Gasteiger partial charge in [0.25, 0.3) is 0 Å². The quantitative estimate of drug-likeness (QED) is 0.735. The van der Waals surface area contributed by atoms with Crippen molar-refractivity contribution in [2.24, 2.45) is 5.92 Å². The van der Waals surface area contributed by atoms with Gasteiger partial charge in [0.2, 0.25) is 5.91 Å². The van der Waals surface area contributed by atoms with Crippen LogP contribution < -0.4 is 0 Å². The van der Waals surface area contributed by atoms with Gasteiger partial charge in [-0.1, -0.05) is 6.07 Å². The van der Waals surface area contributed by atoms with Crippen LogP contribution in [0.5, 0.6) is 0 Å². The van der Waals surface area contributed by atoms with Gasteiger partial charge in [0, 0.05) is 24.0 Å². The maximum absolute atomic E-state index is 11.9. The van der Waals surface area contributed by atoms with Gasteiger partial charge in [-0.05, 0) is 43.2 Å². The van der Waals surface area contributed by atoms with Gasteiger partial charge < -0.3 is 4.90 Å². The van der Waals surface area contributed by atoms with Crippen LogP contribution in [-0.2, 0) is 4.79 Å². The van der Waals surface area contributed by atoms with Crippen LogP contribution in [0, 0.1) is 5.92 Å². The van der Waals surface area contributed by atoms with Gasteiger partial charge in [0.1, 0.15) is 0 Å². The molecule has 0 aromatic carbocycles. The molecule has 0 radical (unpaired) electrons. The predicted octanol–water partition coefficient (Wildman–Crippen LogP) is 3.02. The SMILES string of the molecule is CC(C1CC1)N(C)C(=O)/C=C/c1cccs1. The molecule has 1 atom stereocenters. The summed E-state index contributed by atoms with van der Waals surface area (Å²) in [6.07, 6.45) is 6.11. The molecule has 1 aromatic heterocycles. The number of hydrogen-bond acceptors (Lipinski definition) is 2. The molecule has 3 heteroatoms. The summed E-state index contributed by atoms with van der Waals surface area (Å²) >= 11 is 1.65. The lowest BCUT2D eigenvalue weighted by atomic mass is 10.2. The lowest BCUT2D eigenvalue weighted by molar-refractivity contribution is -0.126. The van der Waals surface area contributed by atoms with Crippen LogP contribution in [-0.4, -0.2) is 23.9 Å². The summed E-state index contributed by atoms with van der Waals surface area (Å²) in [5.41, 5.74) is 0. The van der Waals surface area contributed by atoms with Crippen LogP contribution in [0.1, 0.15) is 24.6 Å². The van der Waals surface area contributed by atoms with Crippen LogP contribution in [0.25, 0.3) is 6.08 Å². The molecule has 0 saturated heterocycles. The zero-order chi connectivity index (χ0) is 11.5. The van der Waals surface area contributed by atoms with E-state index in [9.17, 15) is 4.79 Å².